The van der Waals surface area contributed by atoms with Crippen molar-refractivity contribution in [1.82, 2.24) is 0 Å². The van der Waals surface area contributed by atoms with Crippen molar-refractivity contribution in [1.29, 1.82) is 0 Å². The zero-order valence-corrected chi connectivity index (χ0v) is 8.00. The minimum atomic E-state index is -1.43. The van der Waals surface area contributed by atoms with Crippen LogP contribution in [0.15, 0.2) is 36.9 Å². The van der Waals surface area contributed by atoms with E-state index in [4.69, 9.17) is 20.9 Å². The van der Waals surface area contributed by atoms with Crippen LogP contribution < -0.4 is 11.2 Å². The predicted octanol–water partition coefficient (Wildman–Crippen LogP) is -0.794. The third-order valence-electron chi connectivity index (χ3n) is 1.38. The highest BCUT2D eigenvalue weighted by molar-refractivity contribution is 6.58. The Bertz CT molecular complexity index is 341. The fourth-order valence-corrected chi connectivity index (χ4v) is 0.720. The standard InChI is InChI=1S/C6H8BNO2.C3H4O2/c8-6-3-1-2-5(4-6)7(9)10;1-2-3(4)5/h1-4,9-10H,8H2;2H,1H2,(H,4,5). The van der Waals surface area contributed by atoms with Crippen LogP contribution in [0.5, 0.6) is 0 Å². The molecule has 0 bridgehead atoms. The van der Waals surface area contributed by atoms with Crippen molar-refractivity contribution in [2.75, 3.05) is 5.73 Å². The van der Waals surface area contributed by atoms with Gasteiger partial charge >= 0.3 is 13.1 Å². The van der Waals surface area contributed by atoms with Crippen LogP contribution in [0, 0.1) is 0 Å². The van der Waals surface area contributed by atoms with Crippen molar-refractivity contribution < 1.29 is 19.9 Å². The van der Waals surface area contributed by atoms with Gasteiger partial charge in [-0.3, -0.25) is 0 Å². The second-order valence-electron chi connectivity index (χ2n) is 2.59. The minimum absolute atomic E-state index is 0.417. The summed E-state index contributed by atoms with van der Waals surface area (Å²) in [5, 5.41) is 24.9. The molecule has 0 aliphatic heterocycles. The van der Waals surface area contributed by atoms with Crippen LogP contribution in [0.2, 0.25) is 0 Å². The lowest BCUT2D eigenvalue weighted by Gasteiger charge is -1.98. The summed E-state index contributed by atoms with van der Waals surface area (Å²) in [6.45, 7) is 2.96. The maximum Gasteiger partial charge on any atom is 0.488 e. The zero-order valence-electron chi connectivity index (χ0n) is 8.00. The van der Waals surface area contributed by atoms with Crippen LogP contribution in [0.4, 0.5) is 5.69 Å². The van der Waals surface area contributed by atoms with Gasteiger partial charge in [0, 0.05) is 11.8 Å². The lowest BCUT2D eigenvalue weighted by atomic mass is 9.80. The molecule has 1 aromatic carbocycles. The van der Waals surface area contributed by atoms with E-state index in [0.29, 0.717) is 11.2 Å². The van der Waals surface area contributed by atoms with Crippen molar-refractivity contribution in [3.05, 3.63) is 36.9 Å². The Labute approximate surface area is 87.6 Å². The van der Waals surface area contributed by atoms with Gasteiger partial charge in [0.2, 0.25) is 0 Å². The Hall–Kier alpha value is -1.79. The molecule has 0 atom stereocenters. The Balaban J connectivity index is 0.000000336. The van der Waals surface area contributed by atoms with Gasteiger partial charge in [0.05, 0.1) is 0 Å². The van der Waals surface area contributed by atoms with Gasteiger partial charge in [-0.15, -0.1) is 0 Å². The molecule has 5 N–H and O–H groups in total. The second-order valence-corrected chi connectivity index (χ2v) is 2.59. The van der Waals surface area contributed by atoms with E-state index in [2.05, 4.69) is 6.58 Å². The van der Waals surface area contributed by atoms with Crippen molar-refractivity contribution >= 4 is 24.2 Å². The first-order valence-electron chi connectivity index (χ1n) is 4.04. The molecule has 0 radical (unpaired) electrons. The molecular weight excluding hydrogens is 197 g/mol. The average Bonchev–Trinajstić information content (AvgIpc) is 2.18. The topological polar surface area (TPSA) is 104 Å². The number of hydrogen-bond acceptors (Lipinski definition) is 4. The molecule has 15 heavy (non-hydrogen) atoms. The molecule has 0 saturated carbocycles. The number of nitrogen functional groups attached to an aromatic ring is 1. The maximum absolute atomic E-state index is 9.25. The van der Waals surface area contributed by atoms with E-state index in [0.717, 1.165) is 6.08 Å². The minimum Gasteiger partial charge on any atom is -0.478 e. The van der Waals surface area contributed by atoms with Gasteiger partial charge in [0.25, 0.3) is 0 Å². The normalized spacial score (nSPS) is 8.40. The highest BCUT2D eigenvalue weighted by Crippen LogP contribution is 1.95. The first kappa shape index (κ1) is 13.2. The van der Waals surface area contributed by atoms with Crippen LogP contribution in [-0.2, 0) is 4.79 Å². The smallest absolute Gasteiger partial charge is 0.478 e. The van der Waals surface area contributed by atoms with Crippen LogP contribution in [-0.4, -0.2) is 28.2 Å². The summed E-state index contributed by atoms with van der Waals surface area (Å²) in [5.41, 5.74) is 6.32. The van der Waals surface area contributed by atoms with E-state index in [-0.39, 0.29) is 0 Å². The molecule has 0 spiro atoms. The summed E-state index contributed by atoms with van der Waals surface area (Å²) in [4.78, 5) is 9.25. The van der Waals surface area contributed by atoms with Crippen LogP contribution in [0.25, 0.3) is 0 Å². The Morgan fingerprint density at radius 2 is 2.00 bits per heavy atom. The fraction of sp³-hybridized carbons (Fsp3) is 0. The fourth-order valence-electron chi connectivity index (χ4n) is 0.720. The molecule has 0 heterocycles. The molecule has 6 heteroatoms. The Morgan fingerprint density at radius 3 is 2.27 bits per heavy atom. The number of rotatable bonds is 2. The summed E-state index contributed by atoms with van der Waals surface area (Å²) in [6, 6.07) is 6.47. The van der Waals surface area contributed by atoms with E-state index in [1.807, 2.05) is 0 Å². The first-order valence-corrected chi connectivity index (χ1v) is 4.04. The van der Waals surface area contributed by atoms with Gasteiger partial charge in [0.1, 0.15) is 0 Å². The number of carboxylic acid groups (broad SMARTS) is 1. The SMILES string of the molecule is C=CC(=O)O.Nc1cccc(B(O)O)c1. The van der Waals surface area contributed by atoms with E-state index in [9.17, 15) is 4.79 Å². The summed E-state index contributed by atoms with van der Waals surface area (Å²) < 4.78 is 0. The largest absolute Gasteiger partial charge is 0.488 e. The molecule has 0 aromatic heterocycles. The number of carbonyl (C=O) groups is 1. The molecule has 0 aliphatic rings. The van der Waals surface area contributed by atoms with Crippen molar-refractivity contribution in [2.24, 2.45) is 0 Å². The maximum atomic E-state index is 9.25. The van der Waals surface area contributed by atoms with E-state index >= 15 is 0 Å². The predicted molar refractivity (Wildman–Crippen MR) is 58.5 cm³/mol. The summed E-state index contributed by atoms with van der Waals surface area (Å²) in [5.74, 6) is -0.981. The molecule has 5 nitrogen and oxygen atoms in total. The van der Waals surface area contributed by atoms with E-state index in [1.165, 1.54) is 6.07 Å². The van der Waals surface area contributed by atoms with Gasteiger partial charge in [0.15, 0.2) is 0 Å². The molecule has 0 amide bonds. The lowest BCUT2D eigenvalue weighted by Crippen LogP contribution is -2.29. The van der Waals surface area contributed by atoms with Crippen molar-refractivity contribution in [2.45, 2.75) is 0 Å². The van der Waals surface area contributed by atoms with E-state index < -0.39 is 13.1 Å². The Kier molecular flexibility index (Phi) is 5.85. The molecule has 1 aromatic rings. The van der Waals surface area contributed by atoms with Gasteiger partial charge < -0.3 is 20.9 Å². The van der Waals surface area contributed by atoms with Crippen LogP contribution in [0.3, 0.4) is 0 Å². The summed E-state index contributed by atoms with van der Waals surface area (Å²) in [7, 11) is -1.43. The number of anilines is 1. The third-order valence-corrected chi connectivity index (χ3v) is 1.38. The number of nitrogens with two attached hydrogens (primary N) is 1. The number of aliphatic carboxylic acids is 1. The number of hydrogen-bond donors (Lipinski definition) is 4. The molecule has 0 aliphatic carbocycles. The number of carboxylic acids is 1. The average molecular weight is 209 g/mol. The highest BCUT2D eigenvalue weighted by Gasteiger charge is 2.09. The zero-order chi connectivity index (χ0) is 11.8. The van der Waals surface area contributed by atoms with Crippen molar-refractivity contribution in [3.8, 4) is 0 Å². The molecule has 80 valence electrons. The summed E-state index contributed by atoms with van der Waals surface area (Å²) in [6.07, 6.45) is 0.833. The molecular formula is C9H12BNO4. The molecule has 0 unspecified atom stereocenters. The first-order chi connectivity index (χ1) is 6.97. The van der Waals surface area contributed by atoms with Gasteiger partial charge in [-0.05, 0) is 17.6 Å². The quantitative estimate of drug-likeness (QED) is 0.290. The molecule has 0 saturated heterocycles. The summed E-state index contributed by atoms with van der Waals surface area (Å²) >= 11 is 0. The molecule has 0 fully saturated rings. The number of benzene rings is 1. The highest BCUT2D eigenvalue weighted by atomic mass is 16.4. The van der Waals surface area contributed by atoms with E-state index in [1.54, 1.807) is 18.2 Å². The Morgan fingerprint density at radius 1 is 1.47 bits per heavy atom. The lowest BCUT2D eigenvalue weighted by molar-refractivity contribution is -0.131. The monoisotopic (exact) mass is 209 g/mol. The third kappa shape index (κ3) is 6.31. The van der Waals surface area contributed by atoms with Gasteiger partial charge in [-0.1, -0.05) is 18.7 Å². The van der Waals surface area contributed by atoms with Gasteiger partial charge in [-0.25, -0.2) is 4.79 Å². The molecule has 1 rings (SSSR count). The van der Waals surface area contributed by atoms with Crippen LogP contribution in [0.1, 0.15) is 0 Å². The second kappa shape index (κ2) is 6.64. The van der Waals surface area contributed by atoms with Crippen LogP contribution >= 0.6 is 0 Å². The van der Waals surface area contributed by atoms with Gasteiger partial charge in [-0.2, -0.15) is 0 Å². The van der Waals surface area contributed by atoms with Crippen molar-refractivity contribution in [3.63, 3.8) is 0 Å².